The summed E-state index contributed by atoms with van der Waals surface area (Å²) in [6.07, 6.45) is 1.91. The summed E-state index contributed by atoms with van der Waals surface area (Å²) in [7, 11) is 0. The van der Waals surface area contributed by atoms with Crippen LogP contribution in [0.2, 0.25) is 0 Å². The summed E-state index contributed by atoms with van der Waals surface area (Å²) in [4.78, 5) is 0. The van der Waals surface area contributed by atoms with E-state index in [-0.39, 0.29) is 5.54 Å². The van der Waals surface area contributed by atoms with Gasteiger partial charge < -0.3 is 9.73 Å². The second-order valence-corrected chi connectivity index (χ2v) is 6.70. The van der Waals surface area contributed by atoms with Crippen molar-refractivity contribution in [1.29, 1.82) is 0 Å². The second-order valence-electron chi connectivity index (χ2n) is 6.70. The Morgan fingerprint density at radius 3 is 2.47 bits per heavy atom. The molecule has 19 heavy (non-hydrogen) atoms. The van der Waals surface area contributed by atoms with Crippen LogP contribution in [-0.4, -0.2) is 5.54 Å². The van der Waals surface area contributed by atoms with Crippen LogP contribution < -0.4 is 5.32 Å². The molecule has 0 radical (unpaired) electrons. The SMILES string of the molecule is Cc1ccc(C(C)C)c2occ(CNC(C)(C)C)c12. The second kappa shape index (κ2) is 5.01. The zero-order valence-electron chi connectivity index (χ0n) is 12.9. The van der Waals surface area contributed by atoms with Crippen molar-refractivity contribution in [2.75, 3.05) is 0 Å². The van der Waals surface area contributed by atoms with Gasteiger partial charge in [0.15, 0.2) is 0 Å². The van der Waals surface area contributed by atoms with Gasteiger partial charge in [-0.05, 0) is 44.7 Å². The molecular formula is C17H25NO. The highest BCUT2D eigenvalue weighted by Crippen LogP contribution is 2.31. The maximum absolute atomic E-state index is 5.85. The maximum Gasteiger partial charge on any atom is 0.137 e. The maximum atomic E-state index is 5.85. The topological polar surface area (TPSA) is 25.2 Å². The highest BCUT2D eigenvalue weighted by atomic mass is 16.3. The molecular weight excluding hydrogens is 234 g/mol. The highest BCUT2D eigenvalue weighted by Gasteiger charge is 2.16. The van der Waals surface area contributed by atoms with E-state index < -0.39 is 0 Å². The lowest BCUT2D eigenvalue weighted by molar-refractivity contribution is 0.423. The third-order valence-corrected chi connectivity index (χ3v) is 3.47. The van der Waals surface area contributed by atoms with E-state index >= 15 is 0 Å². The molecule has 104 valence electrons. The molecule has 0 bridgehead atoms. The molecule has 2 aromatic rings. The Morgan fingerprint density at radius 2 is 1.89 bits per heavy atom. The molecule has 0 aliphatic rings. The van der Waals surface area contributed by atoms with Gasteiger partial charge in [0.05, 0.1) is 6.26 Å². The van der Waals surface area contributed by atoms with Gasteiger partial charge in [-0.25, -0.2) is 0 Å². The first-order chi connectivity index (χ1) is 8.79. The molecule has 2 rings (SSSR count). The van der Waals surface area contributed by atoms with Crippen molar-refractivity contribution in [1.82, 2.24) is 5.32 Å². The fraction of sp³-hybridized carbons (Fsp3) is 0.529. The molecule has 0 spiro atoms. The number of hydrogen-bond donors (Lipinski definition) is 1. The smallest absolute Gasteiger partial charge is 0.137 e. The molecule has 0 saturated carbocycles. The van der Waals surface area contributed by atoms with Crippen molar-refractivity contribution in [2.45, 2.75) is 59.5 Å². The van der Waals surface area contributed by atoms with Crippen LogP contribution in [0.1, 0.15) is 57.2 Å². The fourth-order valence-electron chi connectivity index (χ4n) is 2.36. The Kier molecular flexibility index (Phi) is 3.73. The van der Waals surface area contributed by atoms with Crippen LogP contribution >= 0.6 is 0 Å². The molecule has 0 saturated heterocycles. The van der Waals surface area contributed by atoms with Crippen molar-refractivity contribution >= 4 is 11.0 Å². The predicted octanol–water partition coefficient (Wildman–Crippen LogP) is 4.75. The third kappa shape index (κ3) is 3.01. The van der Waals surface area contributed by atoms with E-state index in [0.29, 0.717) is 5.92 Å². The van der Waals surface area contributed by atoms with Crippen molar-refractivity contribution in [2.24, 2.45) is 0 Å². The quantitative estimate of drug-likeness (QED) is 0.860. The first kappa shape index (κ1) is 14.1. The van der Waals surface area contributed by atoms with Crippen LogP contribution in [-0.2, 0) is 6.54 Å². The summed E-state index contributed by atoms with van der Waals surface area (Å²) >= 11 is 0. The number of nitrogens with one attached hydrogen (secondary N) is 1. The Bertz CT molecular complexity index is 573. The van der Waals surface area contributed by atoms with Crippen LogP contribution in [0, 0.1) is 6.92 Å². The summed E-state index contributed by atoms with van der Waals surface area (Å²) < 4.78 is 5.85. The third-order valence-electron chi connectivity index (χ3n) is 3.47. The van der Waals surface area contributed by atoms with Gasteiger partial charge in [-0.2, -0.15) is 0 Å². The van der Waals surface area contributed by atoms with Gasteiger partial charge in [-0.3, -0.25) is 0 Å². The molecule has 1 aromatic heterocycles. The van der Waals surface area contributed by atoms with Crippen LogP contribution in [0.4, 0.5) is 0 Å². The Hall–Kier alpha value is -1.28. The first-order valence-electron chi connectivity index (χ1n) is 7.04. The molecule has 0 aliphatic heterocycles. The lowest BCUT2D eigenvalue weighted by Crippen LogP contribution is -2.34. The van der Waals surface area contributed by atoms with E-state index in [0.717, 1.165) is 12.1 Å². The van der Waals surface area contributed by atoms with Gasteiger partial charge in [0.1, 0.15) is 5.58 Å². The van der Waals surface area contributed by atoms with Gasteiger partial charge in [0, 0.05) is 23.0 Å². The molecule has 0 aliphatic carbocycles. The van der Waals surface area contributed by atoms with E-state index in [9.17, 15) is 0 Å². The molecule has 1 heterocycles. The van der Waals surface area contributed by atoms with Gasteiger partial charge in [-0.1, -0.05) is 26.0 Å². The molecule has 1 aromatic carbocycles. The lowest BCUT2D eigenvalue weighted by atomic mass is 9.97. The minimum absolute atomic E-state index is 0.118. The van der Waals surface area contributed by atoms with Gasteiger partial charge in [0.25, 0.3) is 0 Å². The zero-order valence-corrected chi connectivity index (χ0v) is 12.9. The van der Waals surface area contributed by atoms with E-state index in [4.69, 9.17) is 4.42 Å². The summed E-state index contributed by atoms with van der Waals surface area (Å²) in [6, 6.07) is 4.39. The molecule has 0 atom stereocenters. The molecule has 1 N–H and O–H groups in total. The van der Waals surface area contributed by atoms with Crippen molar-refractivity contribution in [3.8, 4) is 0 Å². The van der Waals surface area contributed by atoms with Crippen molar-refractivity contribution in [3.63, 3.8) is 0 Å². The van der Waals surface area contributed by atoms with Crippen molar-refractivity contribution < 1.29 is 4.42 Å². The Morgan fingerprint density at radius 1 is 1.21 bits per heavy atom. The van der Waals surface area contributed by atoms with Crippen molar-refractivity contribution in [3.05, 3.63) is 35.1 Å². The standard InChI is InChI=1S/C17H25NO/c1-11(2)14-8-7-12(3)15-13(10-19-16(14)15)9-18-17(4,5)6/h7-8,10-11,18H,9H2,1-6H3. The van der Waals surface area contributed by atoms with Crippen LogP contribution in [0.5, 0.6) is 0 Å². The minimum Gasteiger partial charge on any atom is -0.464 e. The lowest BCUT2D eigenvalue weighted by Gasteiger charge is -2.20. The zero-order chi connectivity index (χ0) is 14.2. The normalized spacial score (nSPS) is 12.6. The molecule has 0 unspecified atom stereocenters. The van der Waals surface area contributed by atoms with E-state index in [2.05, 4.69) is 59.0 Å². The average molecular weight is 259 g/mol. The van der Waals surface area contributed by atoms with Crippen LogP contribution in [0.25, 0.3) is 11.0 Å². The van der Waals surface area contributed by atoms with Gasteiger partial charge >= 0.3 is 0 Å². The Labute approximate surface area is 116 Å². The molecule has 0 fully saturated rings. The number of benzene rings is 1. The largest absolute Gasteiger partial charge is 0.464 e. The number of hydrogen-bond acceptors (Lipinski definition) is 2. The predicted molar refractivity (Wildman–Crippen MR) is 81.6 cm³/mol. The minimum atomic E-state index is 0.118. The van der Waals surface area contributed by atoms with Gasteiger partial charge in [0.2, 0.25) is 0 Å². The summed E-state index contributed by atoms with van der Waals surface area (Å²) in [5.74, 6) is 0.484. The van der Waals surface area contributed by atoms with E-state index in [1.807, 2.05) is 6.26 Å². The molecule has 0 amide bonds. The number of aryl methyl sites for hydroxylation is 1. The number of furan rings is 1. The molecule has 2 heteroatoms. The summed E-state index contributed by atoms with van der Waals surface area (Å²) in [5.41, 5.74) is 5.01. The van der Waals surface area contributed by atoms with E-state index in [1.165, 1.54) is 22.1 Å². The first-order valence-corrected chi connectivity index (χ1v) is 7.04. The Balaban J connectivity index is 2.44. The average Bonchev–Trinajstić information content (AvgIpc) is 2.70. The number of rotatable bonds is 3. The summed E-state index contributed by atoms with van der Waals surface area (Å²) in [6.45, 7) is 14.0. The van der Waals surface area contributed by atoms with Crippen LogP contribution in [0.3, 0.4) is 0 Å². The summed E-state index contributed by atoms with van der Waals surface area (Å²) in [5, 5.41) is 4.81. The number of fused-ring (bicyclic) bond motifs is 1. The highest BCUT2D eigenvalue weighted by molar-refractivity contribution is 5.87. The van der Waals surface area contributed by atoms with Gasteiger partial charge in [-0.15, -0.1) is 0 Å². The van der Waals surface area contributed by atoms with Crippen LogP contribution in [0.15, 0.2) is 22.8 Å². The monoisotopic (exact) mass is 259 g/mol. The molecule has 2 nitrogen and oxygen atoms in total. The fourth-order valence-corrected chi connectivity index (χ4v) is 2.36. The van der Waals surface area contributed by atoms with E-state index in [1.54, 1.807) is 0 Å².